The first-order chi connectivity index (χ1) is 50.2. The van der Waals surface area contributed by atoms with Crippen LogP contribution in [-0.4, -0.2) is 211 Å². The second-order valence-corrected chi connectivity index (χ2v) is 35.1. The summed E-state index contributed by atoms with van der Waals surface area (Å²) in [4.78, 5) is 170. The number of benzene rings is 3. The Bertz CT molecular complexity index is 3510. The molecular formula is C78H115IN10O17S. The van der Waals surface area contributed by atoms with Crippen molar-refractivity contribution in [1.82, 2.24) is 46.2 Å². The molecule has 3 aromatic carbocycles. The van der Waals surface area contributed by atoms with Crippen LogP contribution in [0.2, 0.25) is 0 Å². The number of hydrogen-bond donors (Lipinski definition) is 8. The number of carbonyl (C=O) groups excluding carboxylic acids is 11. The van der Waals surface area contributed by atoms with Crippen LogP contribution in [0, 0.1) is 29.1 Å². The number of ether oxygens (including phenoxy) is 3. The third-order valence-electron chi connectivity index (χ3n) is 19.8. The number of aliphatic hydroxyl groups is 1. The first-order valence-corrected chi connectivity index (χ1v) is 38.8. The van der Waals surface area contributed by atoms with Crippen molar-refractivity contribution in [2.45, 2.75) is 235 Å². The maximum atomic E-state index is 14.8. The molecule has 0 bridgehead atoms. The highest BCUT2D eigenvalue weighted by Gasteiger charge is 2.46. The van der Waals surface area contributed by atoms with Gasteiger partial charge in [-0.3, -0.25) is 62.5 Å². The van der Waals surface area contributed by atoms with Gasteiger partial charge < -0.3 is 66.1 Å². The van der Waals surface area contributed by atoms with Gasteiger partial charge in [0.2, 0.25) is 59.1 Å². The molecule has 2 unspecified atom stereocenters. The molecule has 2 aliphatic heterocycles. The van der Waals surface area contributed by atoms with Crippen molar-refractivity contribution in [1.29, 1.82) is 0 Å². The van der Waals surface area contributed by atoms with Gasteiger partial charge in [0.15, 0.2) is 0 Å². The number of alkyl halides is 1. The monoisotopic (exact) mass is 1620 g/mol. The smallest absolute Gasteiger partial charge is 0.410 e. The molecule has 15 atom stereocenters. The number of amides is 11. The SMILES string of the molecule is CC[C@H](C)[C@@H]([C@@H](CC(=O)N1CCC[C@H]1[C@H](OC)[C@@H](C)C(=O)N[C@H](C)[C@@H](O)c1ccccc1)OC)N(C)C(=O)[C@@H](NC(=O)[C@H](C(C)C)N(C)C(=O)OCc1ccc(NC(=O)[C@H](CC(=O)O)NC(=O)[C@H](C)NC(=O)[C@H](Cc2ccccc2)NC(=O)CCN2C(=O)CC(SC(C)(I)CCC(C)(C)C)C2=O)cc1)C(C)C. The molecule has 0 aromatic heterocycles. The fraction of sp³-hybridized carbons (Fsp3) is 0.615. The number of aliphatic carboxylic acids is 1. The Balaban J connectivity index is 1.16. The van der Waals surface area contributed by atoms with E-state index in [1.165, 1.54) is 69.1 Å². The van der Waals surface area contributed by atoms with Crippen molar-refractivity contribution in [3.63, 3.8) is 0 Å². The third kappa shape index (κ3) is 26.8. The van der Waals surface area contributed by atoms with Gasteiger partial charge in [0, 0.05) is 66.4 Å². The van der Waals surface area contributed by atoms with E-state index in [-0.39, 0.29) is 76.3 Å². The number of thioether (sulfide) groups is 1. The van der Waals surface area contributed by atoms with Crippen LogP contribution >= 0.6 is 34.4 Å². The molecule has 2 heterocycles. The Kier molecular flexibility index (Phi) is 35.0. The molecule has 107 heavy (non-hydrogen) atoms. The van der Waals surface area contributed by atoms with E-state index in [9.17, 15) is 67.7 Å². The van der Waals surface area contributed by atoms with E-state index in [0.29, 0.717) is 42.5 Å². The minimum Gasteiger partial charge on any atom is -0.481 e. The largest absolute Gasteiger partial charge is 0.481 e. The zero-order valence-electron chi connectivity index (χ0n) is 65.1. The lowest BCUT2D eigenvalue weighted by molar-refractivity contribution is -0.148. The molecule has 27 nitrogen and oxygen atoms in total. The highest BCUT2D eigenvalue weighted by atomic mass is 127. The summed E-state index contributed by atoms with van der Waals surface area (Å²) in [6.07, 6.45) is -0.991. The van der Waals surface area contributed by atoms with Crippen molar-refractivity contribution in [2.24, 2.45) is 29.1 Å². The van der Waals surface area contributed by atoms with E-state index >= 15 is 0 Å². The fourth-order valence-corrected chi connectivity index (χ4v) is 15.8. The number of aliphatic hydroxyl groups excluding tert-OH is 1. The summed E-state index contributed by atoms with van der Waals surface area (Å²) in [7, 11) is 6.02. The fourth-order valence-electron chi connectivity index (χ4n) is 13.4. The number of carboxylic acid groups (broad SMARTS) is 1. The van der Waals surface area contributed by atoms with Crippen LogP contribution in [0.25, 0.3) is 0 Å². The number of carbonyl (C=O) groups is 12. The van der Waals surface area contributed by atoms with E-state index in [4.69, 9.17) is 14.2 Å². The summed E-state index contributed by atoms with van der Waals surface area (Å²) in [5.41, 5.74) is 2.03. The summed E-state index contributed by atoms with van der Waals surface area (Å²) in [6, 6.07) is 15.5. The van der Waals surface area contributed by atoms with Crippen molar-refractivity contribution in [2.75, 3.05) is 46.7 Å². The van der Waals surface area contributed by atoms with Crippen molar-refractivity contribution in [3.05, 3.63) is 102 Å². The molecule has 29 heteroatoms. The Morgan fingerprint density at radius 3 is 1.90 bits per heavy atom. The number of anilines is 1. The number of halogens is 1. The molecular weight excluding hydrogens is 1510 g/mol. The highest BCUT2D eigenvalue weighted by Crippen LogP contribution is 2.45. The lowest BCUT2D eigenvalue weighted by Crippen LogP contribution is -2.60. The van der Waals surface area contributed by atoms with Gasteiger partial charge >= 0.3 is 12.1 Å². The lowest BCUT2D eigenvalue weighted by Gasteiger charge is -2.41. The summed E-state index contributed by atoms with van der Waals surface area (Å²) in [6.45, 7) is 24.1. The Morgan fingerprint density at radius 1 is 0.701 bits per heavy atom. The average molecular weight is 1620 g/mol. The van der Waals surface area contributed by atoms with Crippen LogP contribution in [0.1, 0.15) is 171 Å². The van der Waals surface area contributed by atoms with Gasteiger partial charge in [-0.05, 0) is 98.4 Å². The molecule has 2 saturated heterocycles. The molecule has 2 aliphatic rings. The van der Waals surface area contributed by atoms with Gasteiger partial charge in [-0.2, -0.15) is 0 Å². The quantitative estimate of drug-likeness (QED) is 0.0152. The molecule has 3 aromatic rings. The summed E-state index contributed by atoms with van der Waals surface area (Å²) in [5.74, 6) is -8.95. The molecule has 2 fully saturated rings. The number of likely N-dealkylation sites (N-methyl/N-ethyl adjacent to an activating group) is 2. The molecule has 5 rings (SSSR count). The van der Waals surface area contributed by atoms with Gasteiger partial charge in [-0.15, -0.1) is 11.8 Å². The molecule has 11 amide bonds. The van der Waals surface area contributed by atoms with Gasteiger partial charge in [0.25, 0.3) is 0 Å². The minimum atomic E-state index is -1.64. The van der Waals surface area contributed by atoms with Crippen LogP contribution in [0.15, 0.2) is 84.9 Å². The summed E-state index contributed by atoms with van der Waals surface area (Å²) < 4.78 is 17.4. The Labute approximate surface area is 648 Å². The predicted molar refractivity (Wildman–Crippen MR) is 416 cm³/mol. The number of imide groups is 1. The lowest BCUT2D eigenvalue weighted by atomic mass is 9.89. The van der Waals surface area contributed by atoms with E-state index < -0.39 is 149 Å². The van der Waals surface area contributed by atoms with Crippen LogP contribution < -0.4 is 31.9 Å². The number of likely N-dealkylation sites (tertiary alicyclic amines) is 2. The number of rotatable bonds is 40. The van der Waals surface area contributed by atoms with E-state index in [0.717, 1.165) is 22.6 Å². The topological polar surface area (TPSA) is 358 Å². The number of methoxy groups -OCH3 is 2. The summed E-state index contributed by atoms with van der Waals surface area (Å²) >= 11 is 3.76. The maximum Gasteiger partial charge on any atom is 0.410 e. The van der Waals surface area contributed by atoms with Crippen molar-refractivity contribution in [3.8, 4) is 0 Å². The molecule has 592 valence electrons. The van der Waals surface area contributed by atoms with Crippen molar-refractivity contribution < 1.29 is 82.0 Å². The van der Waals surface area contributed by atoms with Gasteiger partial charge in [-0.1, -0.05) is 171 Å². The van der Waals surface area contributed by atoms with Gasteiger partial charge in [0.1, 0.15) is 36.8 Å². The van der Waals surface area contributed by atoms with E-state index in [2.05, 4.69) is 75.3 Å². The number of nitrogens with one attached hydrogen (secondary N) is 6. The number of hydrogen-bond acceptors (Lipinski definition) is 17. The van der Waals surface area contributed by atoms with E-state index in [1.54, 1.807) is 96.0 Å². The third-order valence-corrected chi connectivity index (χ3v) is 22.5. The maximum absolute atomic E-state index is 14.8. The predicted octanol–water partition coefficient (Wildman–Crippen LogP) is 7.94. The molecule has 0 saturated carbocycles. The van der Waals surface area contributed by atoms with Crippen molar-refractivity contribution >= 4 is 111 Å². The van der Waals surface area contributed by atoms with Gasteiger partial charge in [-0.25, -0.2) is 4.79 Å². The zero-order chi connectivity index (χ0) is 79.9. The highest BCUT2D eigenvalue weighted by molar-refractivity contribution is 14.1. The first kappa shape index (κ1) is 89.9. The van der Waals surface area contributed by atoms with Crippen LogP contribution in [0.3, 0.4) is 0 Å². The van der Waals surface area contributed by atoms with Crippen LogP contribution in [-0.2, 0) is 80.0 Å². The second-order valence-electron chi connectivity index (χ2n) is 30.3. The van der Waals surface area contributed by atoms with Crippen LogP contribution in [0.4, 0.5) is 10.5 Å². The zero-order valence-corrected chi connectivity index (χ0v) is 68.1. The molecule has 0 aliphatic carbocycles. The second kappa shape index (κ2) is 41.7. The standard InChI is InChI=1S/C78H115IN10O17S/c1-18-47(6)66(58(104-16)42-61(91)88-38-25-30-57(88)68(105-17)48(7)69(96)80-49(8)67(95)53-28-23-20-24-29-53)86(14)75(102)64(45(2)3)85-73(100)65(46(4)5)87(15)76(103)106-44-52-31-33-54(34-32-52)82-72(99)56(41-63(93)94)84-70(97)50(9)81-71(98)55(40-51-26-21-19-22-27-51)83-60(90)35-39-89-62(92)43-59(74(89)101)107-78(13,79)37-36-77(10,11)12/h19-24,26-29,31-34,45-50,55-59,64-68,95H,18,25,30,35-44H2,1-17H3,(H,80,96)(H,81,98)(H,82,99)(H,83,90)(H,84,97)(H,85,100)(H,93,94)/t47-,48+,49+,50-,55-,56-,57-,58+,59?,64-,65-,66-,67+,68+,78?/m0/s1. The van der Waals surface area contributed by atoms with E-state index in [1.807, 2.05) is 39.0 Å². The molecule has 0 radical (unpaired) electrons. The summed E-state index contributed by atoms with van der Waals surface area (Å²) in [5, 5.41) is 36.3. The average Bonchev–Trinajstić information content (AvgIpc) is 1.78. The Morgan fingerprint density at radius 2 is 1.33 bits per heavy atom. The minimum absolute atomic E-state index is 0.00467. The number of carboxylic acids is 1. The number of nitrogens with zero attached hydrogens (tertiary/aromatic N) is 4. The normalized spacial score (nSPS) is 18.6. The van der Waals surface area contributed by atoms with Crippen LogP contribution in [0.5, 0.6) is 0 Å². The molecule has 0 spiro atoms. The Hall–Kier alpha value is -7.74. The van der Waals surface area contributed by atoms with Gasteiger partial charge in [0.05, 0.1) is 63.2 Å². The molecule has 8 N–H and O–H groups in total. The first-order valence-electron chi connectivity index (χ1n) is 36.8.